The van der Waals surface area contributed by atoms with E-state index < -0.39 is 0 Å². The van der Waals surface area contributed by atoms with Gasteiger partial charge in [0.25, 0.3) is 0 Å². The molecule has 1 aliphatic carbocycles. The summed E-state index contributed by atoms with van der Waals surface area (Å²) in [4.78, 5) is 0. The van der Waals surface area contributed by atoms with Crippen molar-refractivity contribution in [2.24, 2.45) is 11.8 Å². The Morgan fingerprint density at radius 3 is 2.40 bits per heavy atom. The van der Waals surface area contributed by atoms with Crippen LogP contribution in [0.1, 0.15) is 46.5 Å². The van der Waals surface area contributed by atoms with Crippen molar-refractivity contribution in [3.63, 3.8) is 0 Å². The molecule has 0 radical (unpaired) electrons. The lowest BCUT2D eigenvalue weighted by atomic mass is 9.98. The molecule has 0 saturated heterocycles. The molecule has 2 nitrogen and oxygen atoms in total. The van der Waals surface area contributed by atoms with Crippen LogP contribution in [0.4, 0.5) is 0 Å². The molecule has 1 fully saturated rings. The molecule has 1 N–H and O–H groups in total. The molecular formula is C13H27NO. The smallest absolute Gasteiger partial charge is 0.0477 e. The van der Waals surface area contributed by atoms with Crippen LogP contribution in [0.2, 0.25) is 0 Å². The zero-order valence-corrected chi connectivity index (χ0v) is 10.8. The van der Waals surface area contributed by atoms with E-state index in [1.165, 1.54) is 19.3 Å². The van der Waals surface area contributed by atoms with E-state index in [1.807, 2.05) is 0 Å². The number of hydrogen-bond donors (Lipinski definition) is 1. The Morgan fingerprint density at radius 1 is 1.33 bits per heavy atom. The maximum absolute atomic E-state index is 5.17. The molecule has 1 rings (SSSR count). The Morgan fingerprint density at radius 2 is 2.00 bits per heavy atom. The average molecular weight is 213 g/mol. The van der Waals surface area contributed by atoms with Gasteiger partial charge in [-0.15, -0.1) is 0 Å². The highest BCUT2D eigenvalue weighted by Gasteiger charge is 2.31. The molecule has 2 atom stereocenters. The van der Waals surface area contributed by atoms with Crippen LogP contribution in [0.25, 0.3) is 0 Å². The maximum atomic E-state index is 5.17. The van der Waals surface area contributed by atoms with Crippen molar-refractivity contribution in [2.45, 2.75) is 58.5 Å². The third-order valence-electron chi connectivity index (χ3n) is 3.50. The van der Waals surface area contributed by atoms with Gasteiger partial charge in [-0.05, 0) is 37.5 Å². The maximum Gasteiger partial charge on any atom is 0.0477 e. The van der Waals surface area contributed by atoms with E-state index in [4.69, 9.17) is 4.74 Å². The summed E-state index contributed by atoms with van der Waals surface area (Å²) in [6.07, 6.45) is 5.26. The quantitative estimate of drug-likeness (QED) is 0.669. The van der Waals surface area contributed by atoms with E-state index >= 15 is 0 Å². The molecule has 15 heavy (non-hydrogen) atoms. The van der Waals surface area contributed by atoms with Gasteiger partial charge in [0.15, 0.2) is 0 Å². The fourth-order valence-corrected chi connectivity index (χ4v) is 2.21. The molecule has 0 heterocycles. The second-order valence-corrected chi connectivity index (χ2v) is 5.15. The first-order valence-electron chi connectivity index (χ1n) is 6.44. The second-order valence-electron chi connectivity index (χ2n) is 5.15. The molecule has 2 unspecified atom stereocenters. The minimum absolute atomic E-state index is 0.621. The van der Waals surface area contributed by atoms with E-state index in [1.54, 1.807) is 7.11 Å². The number of methoxy groups -OCH3 is 1. The van der Waals surface area contributed by atoms with E-state index in [-0.39, 0.29) is 0 Å². The van der Waals surface area contributed by atoms with Crippen molar-refractivity contribution in [1.29, 1.82) is 0 Å². The first kappa shape index (κ1) is 13.0. The van der Waals surface area contributed by atoms with Crippen LogP contribution in [0.15, 0.2) is 0 Å². The number of ether oxygens (including phenoxy) is 1. The van der Waals surface area contributed by atoms with Crippen molar-refractivity contribution >= 4 is 0 Å². The van der Waals surface area contributed by atoms with Gasteiger partial charge in [-0.25, -0.2) is 0 Å². The molecule has 0 aromatic rings. The summed E-state index contributed by atoms with van der Waals surface area (Å²) in [6, 6.07) is 1.37. The highest BCUT2D eigenvalue weighted by atomic mass is 16.5. The number of rotatable bonds is 8. The van der Waals surface area contributed by atoms with Gasteiger partial charge >= 0.3 is 0 Å². The van der Waals surface area contributed by atoms with Crippen LogP contribution >= 0.6 is 0 Å². The summed E-state index contributed by atoms with van der Waals surface area (Å²) in [5.74, 6) is 1.66. The summed E-state index contributed by atoms with van der Waals surface area (Å²) in [6.45, 7) is 7.76. The van der Waals surface area contributed by atoms with Crippen molar-refractivity contribution in [1.82, 2.24) is 5.32 Å². The zero-order valence-electron chi connectivity index (χ0n) is 10.8. The van der Waals surface area contributed by atoms with E-state index in [9.17, 15) is 0 Å². The molecule has 0 amide bonds. The van der Waals surface area contributed by atoms with E-state index in [2.05, 4.69) is 26.1 Å². The second kappa shape index (κ2) is 6.49. The largest absolute Gasteiger partial charge is 0.385 e. The summed E-state index contributed by atoms with van der Waals surface area (Å²) < 4.78 is 5.17. The van der Waals surface area contributed by atoms with Gasteiger partial charge in [-0.3, -0.25) is 0 Å². The van der Waals surface area contributed by atoms with Gasteiger partial charge < -0.3 is 10.1 Å². The third-order valence-corrected chi connectivity index (χ3v) is 3.50. The van der Waals surface area contributed by atoms with Gasteiger partial charge in [0.1, 0.15) is 0 Å². The minimum atomic E-state index is 0.621. The summed E-state index contributed by atoms with van der Waals surface area (Å²) >= 11 is 0. The van der Waals surface area contributed by atoms with E-state index in [0.29, 0.717) is 12.0 Å². The Labute approximate surface area is 94.8 Å². The molecular weight excluding hydrogens is 186 g/mol. The molecule has 1 aliphatic rings. The van der Waals surface area contributed by atoms with Gasteiger partial charge in [-0.1, -0.05) is 20.8 Å². The van der Waals surface area contributed by atoms with Gasteiger partial charge in [0, 0.05) is 25.8 Å². The van der Waals surface area contributed by atoms with Crippen LogP contribution in [-0.2, 0) is 4.74 Å². The topological polar surface area (TPSA) is 21.3 Å². The average Bonchev–Trinajstić information content (AvgIpc) is 3.01. The normalized spacial score (nSPS) is 20.6. The lowest BCUT2D eigenvalue weighted by molar-refractivity contribution is 0.168. The zero-order chi connectivity index (χ0) is 11.3. The molecule has 2 heteroatoms. The Hall–Kier alpha value is -0.0800. The lowest BCUT2D eigenvalue weighted by Gasteiger charge is -2.28. The van der Waals surface area contributed by atoms with Crippen molar-refractivity contribution < 1.29 is 4.74 Å². The number of hydrogen-bond acceptors (Lipinski definition) is 2. The molecule has 0 aromatic heterocycles. The monoisotopic (exact) mass is 213 g/mol. The highest BCUT2D eigenvalue weighted by molar-refractivity contribution is 4.88. The van der Waals surface area contributed by atoms with Gasteiger partial charge in [-0.2, -0.15) is 0 Å². The minimum Gasteiger partial charge on any atom is -0.385 e. The van der Waals surface area contributed by atoms with Crippen molar-refractivity contribution in [3.05, 3.63) is 0 Å². The summed E-state index contributed by atoms with van der Waals surface area (Å²) in [5, 5.41) is 3.82. The Balaban J connectivity index is 2.33. The fraction of sp³-hybridized carbons (Fsp3) is 1.00. The van der Waals surface area contributed by atoms with Gasteiger partial charge in [0.05, 0.1) is 0 Å². The van der Waals surface area contributed by atoms with Crippen LogP contribution in [0, 0.1) is 11.8 Å². The van der Waals surface area contributed by atoms with Crippen LogP contribution in [-0.4, -0.2) is 25.8 Å². The predicted molar refractivity (Wildman–Crippen MR) is 65.1 cm³/mol. The highest BCUT2D eigenvalue weighted by Crippen LogP contribution is 2.34. The molecule has 90 valence electrons. The lowest BCUT2D eigenvalue weighted by Crippen LogP contribution is -2.42. The first-order valence-corrected chi connectivity index (χ1v) is 6.44. The number of nitrogens with one attached hydrogen (secondary N) is 1. The SMILES string of the molecule is CCC(NC(CCOC)C(C)C)C1CC1. The van der Waals surface area contributed by atoms with Crippen LogP contribution < -0.4 is 5.32 Å². The van der Waals surface area contributed by atoms with Crippen LogP contribution in [0.5, 0.6) is 0 Å². The Bertz CT molecular complexity index is 166. The standard InChI is InChI=1S/C13H27NO/c1-5-12(11-6-7-11)14-13(10(2)3)8-9-15-4/h10-14H,5-9H2,1-4H3. The summed E-state index contributed by atoms with van der Waals surface area (Å²) in [7, 11) is 1.79. The van der Waals surface area contributed by atoms with Crippen molar-refractivity contribution in [3.8, 4) is 0 Å². The third kappa shape index (κ3) is 4.52. The first-order chi connectivity index (χ1) is 7.19. The van der Waals surface area contributed by atoms with Gasteiger partial charge in [0.2, 0.25) is 0 Å². The van der Waals surface area contributed by atoms with Crippen LogP contribution in [0.3, 0.4) is 0 Å². The molecule has 0 aromatic carbocycles. The van der Waals surface area contributed by atoms with E-state index in [0.717, 1.165) is 25.0 Å². The summed E-state index contributed by atoms with van der Waals surface area (Å²) in [5.41, 5.74) is 0. The van der Waals surface area contributed by atoms with Crippen molar-refractivity contribution in [2.75, 3.05) is 13.7 Å². The molecule has 0 spiro atoms. The fourth-order valence-electron chi connectivity index (χ4n) is 2.21. The predicted octanol–water partition coefficient (Wildman–Crippen LogP) is 2.83. The molecule has 0 aliphatic heterocycles. The Kier molecular flexibility index (Phi) is 5.62. The molecule has 0 bridgehead atoms. The molecule has 1 saturated carbocycles.